The predicted molar refractivity (Wildman–Crippen MR) is 47.6 cm³/mol. The number of esters is 1. The molecular formula is C7H11NO4S. The van der Waals surface area contributed by atoms with Crippen LogP contribution in [-0.2, 0) is 25.2 Å². The molecule has 1 aliphatic rings. The first-order valence-electron chi connectivity index (χ1n) is 3.76. The Bertz CT molecular complexity index is 276. The molecule has 0 radical (unpaired) electrons. The lowest BCUT2D eigenvalue weighted by Crippen LogP contribution is -2.43. The van der Waals surface area contributed by atoms with Crippen LogP contribution in [0.2, 0.25) is 0 Å². The van der Waals surface area contributed by atoms with Crippen molar-refractivity contribution >= 4 is 21.8 Å². The average Bonchev–Trinajstić information content (AvgIpc) is 2.12. The van der Waals surface area contributed by atoms with E-state index in [9.17, 15) is 9.00 Å². The molecule has 0 aromatic carbocycles. The second-order valence-electron chi connectivity index (χ2n) is 2.66. The lowest BCUT2D eigenvalue weighted by Gasteiger charge is -2.23. The fraction of sp³-hybridized carbons (Fsp3) is 0.714. The second-order valence-corrected chi connectivity index (χ2v) is 4.36. The maximum atomic E-state index is 11.5. The number of carbonyl (C=O) groups is 1. The van der Waals surface area contributed by atoms with Crippen LogP contribution in [0, 0.1) is 0 Å². The van der Waals surface area contributed by atoms with Gasteiger partial charge in [-0.3, -0.25) is 9.00 Å². The average molecular weight is 205 g/mol. The first-order valence-corrected chi connectivity index (χ1v) is 4.98. The van der Waals surface area contributed by atoms with Gasteiger partial charge in [-0.25, -0.2) is 0 Å². The Kier molecular flexibility index (Phi) is 3.02. The second kappa shape index (κ2) is 3.87. The van der Waals surface area contributed by atoms with Gasteiger partial charge >= 0.3 is 5.97 Å². The zero-order chi connectivity index (χ0) is 10.0. The number of oxime groups is 1. The van der Waals surface area contributed by atoms with E-state index >= 15 is 0 Å². The molecule has 0 spiro atoms. The topological polar surface area (TPSA) is 65.0 Å². The first kappa shape index (κ1) is 10.2. The number of rotatable bonds is 1. The highest BCUT2D eigenvalue weighted by atomic mass is 32.2. The van der Waals surface area contributed by atoms with Crippen LogP contribution in [-0.4, -0.2) is 33.7 Å². The van der Waals surface area contributed by atoms with Gasteiger partial charge in [0.25, 0.3) is 0 Å². The number of ether oxygens (including phenoxy) is 1. The third-order valence-electron chi connectivity index (χ3n) is 1.73. The Morgan fingerprint density at radius 3 is 2.85 bits per heavy atom. The zero-order valence-corrected chi connectivity index (χ0v) is 8.46. The monoisotopic (exact) mass is 205 g/mol. The zero-order valence-electron chi connectivity index (χ0n) is 7.64. The summed E-state index contributed by atoms with van der Waals surface area (Å²) in [6, 6.07) is 0. The molecule has 13 heavy (non-hydrogen) atoms. The van der Waals surface area contributed by atoms with Crippen molar-refractivity contribution in [2.24, 2.45) is 5.16 Å². The Hall–Kier alpha value is -0.910. The van der Waals surface area contributed by atoms with E-state index in [1.165, 1.54) is 7.11 Å². The summed E-state index contributed by atoms with van der Waals surface area (Å²) in [5, 5.41) is 3.12. The van der Waals surface area contributed by atoms with E-state index in [2.05, 4.69) is 9.89 Å². The van der Waals surface area contributed by atoms with Gasteiger partial charge in [-0.1, -0.05) is 5.16 Å². The van der Waals surface area contributed by atoms with Crippen LogP contribution in [0.25, 0.3) is 0 Å². The molecule has 1 rings (SSSR count). The van der Waals surface area contributed by atoms with Gasteiger partial charge in [0.15, 0.2) is 5.25 Å². The van der Waals surface area contributed by atoms with Crippen LogP contribution < -0.4 is 0 Å². The van der Waals surface area contributed by atoms with Crippen LogP contribution in [0.15, 0.2) is 5.16 Å². The van der Waals surface area contributed by atoms with Crippen LogP contribution in [0.1, 0.15) is 13.8 Å². The summed E-state index contributed by atoms with van der Waals surface area (Å²) < 4.78 is 16.0. The molecule has 3 unspecified atom stereocenters. The lowest BCUT2D eigenvalue weighted by atomic mass is 10.3. The summed E-state index contributed by atoms with van der Waals surface area (Å²) >= 11 is 0. The Balaban J connectivity index is 2.89. The molecule has 74 valence electrons. The molecule has 0 fully saturated rings. The predicted octanol–water partition coefficient (Wildman–Crippen LogP) is 0.0288. The van der Waals surface area contributed by atoms with Gasteiger partial charge in [0.2, 0.25) is 0 Å². The summed E-state index contributed by atoms with van der Waals surface area (Å²) in [5.74, 6) is -0.528. The summed E-state index contributed by atoms with van der Waals surface area (Å²) in [6.45, 7) is 3.19. The van der Waals surface area contributed by atoms with Crippen LogP contribution in [0.3, 0.4) is 0 Å². The molecule has 0 saturated heterocycles. The van der Waals surface area contributed by atoms with Crippen molar-refractivity contribution in [3.05, 3.63) is 0 Å². The summed E-state index contributed by atoms with van der Waals surface area (Å²) in [7, 11) is -0.175. The maximum Gasteiger partial charge on any atom is 0.325 e. The van der Waals surface area contributed by atoms with E-state index in [4.69, 9.17) is 4.84 Å². The minimum absolute atomic E-state index is 0.313. The van der Waals surface area contributed by atoms with Gasteiger partial charge in [-0.05, 0) is 13.8 Å². The standard InChI is InChI=1S/C7H11NO4S/c1-4-6(7(9)11-3)13(10)5(2)8-12-4/h4,6H,1-3H3. The highest BCUT2D eigenvalue weighted by Crippen LogP contribution is 2.15. The van der Waals surface area contributed by atoms with E-state index in [1.807, 2.05) is 0 Å². The fourth-order valence-electron chi connectivity index (χ4n) is 1.00. The van der Waals surface area contributed by atoms with Crippen molar-refractivity contribution in [2.45, 2.75) is 25.2 Å². The number of carbonyl (C=O) groups excluding carboxylic acids is 1. The molecule has 1 aliphatic heterocycles. The van der Waals surface area contributed by atoms with E-state index < -0.39 is 28.1 Å². The normalized spacial score (nSPS) is 33.2. The minimum atomic E-state index is -1.43. The van der Waals surface area contributed by atoms with Crippen LogP contribution in [0.4, 0.5) is 0 Å². The third-order valence-corrected chi connectivity index (χ3v) is 3.42. The molecule has 0 aliphatic carbocycles. The van der Waals surface area contributed by atoms with Gasteiger partial charge < -0.3 is 9.57 Å². The van der Waals surface area contributed by atoms with Crippen molar-refractivity contribution < 1.29 is 18.6 Å². The third kappa shape index (κ3) is 1.88. The minimum Gasteiger partial charge on any atom is -0.468 e. The van der Waals surface area contributed by atoms with Crippen molar-refractivity contribution in [2.75, 3.05) is 7.11 Å². The molecule has 0 aromatic rings. The van der Waals surface area contributed by atoms with Gasteiger partial charge in [0, 0.05) is 0 Å². The maximum absolute atomic E-state index is 11.5. The highest BCUT2D eigenvalue weighted by molar-refractivity contribution is 8.01. The fourth-order valence-corrected chi connectivity index (χ4v) is 2.16. The molecule has 5 nitrogen and oxygen atoms in total. The number of methoxy groups -OCH3 is 1. The quantitative estimate of drug-likeness (QED) is 0.566. The number of nitrogens with zero attached hydrogens (tertiary/aromatic N) is 1. The lowest BCUT2D eigenvalue weighted by molar-refractivity contribution is -0.142. The van der Waals surface area contributed by atoms with Crippen molar-refractivity contribution in [1.29, 1.82) is 0 Å². The first-order chi connectivity index (χ1) is 6.07. The Morgan fingerprint density at radius 2 is 2.31 bits per heavy atom. The number of hydrogen-bond donors (Lipinski definition) is 0. The van der Waals surface area contributed by atoms with Crippen molar-refractivity contribution in [3.8, 4) is 0 Å². The van der Waals surface area contributed by atoms with Gasteiger partial charge in [0.1, 0.15) is 11.1 Å². The molecule has 1 heterocycles. The van der Waals surface area contributed by atoms with Crippen LogP contribution in [0.5, 0.6) is 0 Å². The van der Waals surface area contributed by atoms with Gasteiger partial charge in [-0.15, -0.1) is 0 Å². The van der Waals surface area contributed by atoms with Crippen LogP contribution >= 0.6 is 0 Å². The largest absolute Gasteiger partial charge is 0.468 e. The molecule has 0 amide bonds. The van der Waals surface area contributed by atoms with Gasteiger partial charge in [0.05, 0.1) is 17.9 Å². The summed E-state index contributed by atoms with van der Waals surface area (Å²) in [6.07, 6.45) is -0.503. The van der Waals surface area contributed by atoms with E-state index in [1.54, 1.807) is 13.8 Å². The molecular weight excluding hydrogens is 194 g/mol. The smallest absolute Gasteiger partial charge is 0.325 e. The SMILES string of the molecule is COC(=O)C1C(C)ON=C(C)S1=O. The Labute approximate surface area is 78.5 Å². The van der Waals surface area contributed by atoms with Gasteiger partial charge in [-0.2, -0.15) is 0 Å². The molecule has 0 saturated carbocycles. The molecule has 6 heteroatoms. The molecule has 0 bridgehead atoms. The van der Waals surface area contributed by atoms with E-state index in [0.717, 1.165) is 0 Å². The van der Waals surface area contributed by atoms with E-state index in [-0.39, 0.29) is 0 Å². The van der Waals surface area contributed by atoms with Crippen molar-refractivity contribution in [3.63, 3.8) is 0 Å². The van der Waals surface area contributed by atoms with E-state index in [0.29, 0.717) is 5.04 Å². The summed E-state index contributed by atoms with van der Waals surface area (Å²) in [5.41, 5.74) is 0. The number of hydrogen-bond acceptors (Lipinski definition) is 5. The summed E-state index contributed by atoms with van der Waals surface area (Å²) in [4.78, 5) is 16.1. The highest BCUT2D eigenvalue weighted by Gasteiger charge is 2.38. The Morgan fingerprint density at radius 1 is 1.69 bits per heavy atom. The molecule has 0 N–H and O–H groups in total. The molecule has 0 aromatic heterocycles. The molecule has 3 atom stereocenters. The van der Waals surface area contributed by atoms with Crippen molar-refractivity contribution in [1.82, 2.24) is 0 Å².